The highest BCUT2D eigenvalue weighted by Gasteiger charge is 2.57. The number of carbonyl (C=O) groups is 5. The van der Waals surface area contributed by atoms with Crippen LogP contribution in [0.4, 0.5) is 0 Å². The highest BCUT2D eigenvalue weighted by molar-refractivity contribution is 5.88. The van der Waals surface area contributed by atoms with Crippen molar-refractivity contribution in [1.29, 1.82) is 0 Å². The number of carbonyl (C=O) groups excluding carboxylic acids is 4. The summed E-state index contributed by atoms with van der Waals surface area (Å²) in [5, 5.41) is 55.1. The van der Waals surface area contributed by atoms with Crippen LogP contribution < -0.4 is 17.0 Å². The summed E-state index contributed by atoms with van der Waals surface area (Å²) in [4.78, 5) is 97.4. The number of hydrogen-bond acceptors (Lipinski definition) is 23. The van der Waals surface area contributed by atoms with Crippen LogP contribution in [-0.2, 0) is 71.3 Å². The number of nitrogens with one attached hydrogen (secondary N) is 1. The lowest BCUT2D eigenvalue weighted by Gasteiger charge is -2.43. The van der Waals surface area contributed by atoms with Gasteiger partial charge in [-0.2, -0.15) is 0 Å². The summed E-state index contributed by atoms with van der Waals surface area (Å²) in [6.45, 7) is 6.93. The molecule has 4 aliphatic heterocycles. The second kappa shape index (κ2) is 29.8. The second-order valence-electron chi connectivity index (χ2n) is 21.2. The molecule has 5 rings (SSSR count). The monoisotopic (exact) mass is 1120 g/mol. The van der Waals surface area contributed by atoms with Crippen molar-refractivity contribution >= 4 is 29.8 Å². The highest BCUT2D eigenvalue weighted by atomic mass is 16.7. The molecule has 0 saturated carbocycles. The number of amides is 1. The van der Waals surface area contributed by atoms with Crippen molar-refractivity contribution in [1.82, 2.24) is 19.4 Å². The number of nitrogens with zero attached hydrogens (tertiary/aromatic N) is 3. The van der Waals surface area contributed by atoms with Crippen LogP contribution in [0.25, 0.3) is 0 Å². The Bertz CT molecular complexity index is 2230. The number of aromatic amines is 1. The minimum atomic E-state index is -1.97. The molecular weight excluding hydrogens is 1030 g/mol. The average molecular weight is 1120 g/mol. The summed E-state index contributed by atoms with van der Waals surface area (Å²) in [6, 6.07) is -2.60. The molecule has 27 heteroatoms. The Morgan fingerprint density at radius 2 is 1.37 bits per heavy atom. The van der Waals surface area contributed by atoms with Crippen molar-refractivity contribution in [3.63, 3.8) is 0 Å². The van der Waals surface area contributed by atoms with E-state index in [0.29, 0.717) is 12.3 Å². The molecular formula is C51H83N5O22. The number of aliphatic hydroxyl groups is 4. The van der Waals surface area contributed by atoms with E-state index in [4.69, 9.17) is 53.1 Å². The van der Waals surface area contributed by atoms with E-state index in [1.165, 1.54) is 33.3 Å². The van der Waals surface area contributed by atoms with Gasteiger partial charge in [0.2, 0.25) is 12.2 Å². The van der Waals surface area contributed by atoms with Crippen LogP contribution in [0.5, 0.6) is 0 Å². The zero-order chi connectivity index (χ0) is 57.7. The van der Waals surface area contributed by atoms with Gasteiger partial charge in [-0.25, -0.2) is 9.59 Å². The Labute approximate surface area is 452 Å². The Balaban J connectivity index is 1.33. The van der Waals surface area contributed by atoms with Crippen LogP contribution in [0.1, 0.15) is 105 Å². The molecule has 0 aromatic carbocycles. The lowest BCUT2D eigenvalue weighted by molar-refractivity contribution is -0.297. The van der Waals surface area contributed by atoms with Gasteiger partial charge in [0.05, 0.1) is 12.5 Å². The molecule has 78 heavy (non-hydrogen) atoms. The first-order chi connectivity index (χ1) is 37.0. The van der Waals surface area contributed by atoms with Crippen molar-refractivity contribution < 1.29 is 96.9 Å². The van der Waals surface area contributed by atoms with Crippen molar-refractivity contribution in [2.24, 2.45) is 17.6 Å². The lowest BCUT2D eigenvalue weighted by Crippen LogP contribution is -2.59. The summed E-state index contributed by atoms with van der Waals surface area (Å²) in [7, 11) is 6.87. The van der Waals surface area contributed by atoms with Gasteiger partial charge in [-0.3, -0.25) is 38.4 Å². The summed E-state index contributed by atoms with van der Waals surface area (Å²) in [6.07, 6.45) is -15.0. The van der Waals surface area contributed by atoms with Crippen LogP contribution in [0.3, 0.4) is 0 Å². The number of carboxylic acid groups (broad SMARTS) is 1. The molecule has 0 bridgehead atoms. The van der Waals surface area contributed by atoms with Gasteiger partial charge in [0.1, 0.15) is 79.3 Å². The number of ether oxygens (including phenoxy) is 10. The van der Waals surface area contributed by atoms with Gasteiger partial charge in [-0.15, -0.1) is 0 Å². The van der Waals surface area contributed by atoms with Crippen molar-refractivity contribution in [3.05, 3.63) is 33.1 Å². The molecule has 19 unspecified atom stereocenters. The number of methoxy groups -OCH3 is 3. The summed E-state index contributed by atoms with van der Waals surface area (Å²) >= 11 is 0. The molecule has 0 aliphatic carbocycles. The number of esters is 3. The Morgan fingerprint density at radius 3 is 1.96 bits per heavy atom. The third-order valence-corrected chi connectivity index (χ3v) is 14.8. The molecule has 4 fully saturated rings. The zero-order valence-electron chi connectivity index (χ0n) is 46.0. The molecule has 4 aliphatic rings. The maximum Gasteiger partial charge on any atom is 0.330 e. The number of aliphatic hydroxyl groups excluding tert-OH is 4. The van der Waals surface area contributed by atoms with E-state index in [0.717, 1.165) is 67.3 Å². The van der Waals surface area contributed by atoms with E-state index in [2.05, 4.69) is 13.8 Å². The van der Waals surface area contributed by atoms with Gasteiger partial charge in [0.15, 0.2) is 18.6 Å². The van der Waals surface area contributed by atoms with E-state index in [-0.39, 0.29) is 25.8 Å². The van der Waals surface area contributed by atoms with Crippen molar-refractivity contribution in [3.8, 4) is 0 Å². The maximum absolute atomic E-state index is 14.7. The molecule has 5 heterocycles. The molecule has 27 nitrogen and oxygen atoms in total. The van der Waals surface area contributed by atoms with Crippen molar-refractivity contribution in [2.75, 3.05) is 48.5 Å². The van der Waals surface area contributed by atoms with Crippen molar-refractivity contribution in [2.45, 2.75) is 209 Å². The molecule has 0 spiro atoms. The predicted octanol–water partition coefficient (Wildman–Crippen LogP) is -1.09. The van der Waals surface area contributed by atoms with E-state index in [9.17, 15) is 59.1 Å². The predicted molar refractivity (Wildman–Crippen MR) is 270 cm³/mol. The van der Waals surface area contributed by atoms with E-state index >= 15 is 0 Å². The summed E-state index contributed by atoms with van der Waals surface area (Å²) in [5.41, 5.74) is 3.94. The van der Waals surface area contributed by atoms with E-state index < -0.39 is 170 Å². The van der Waals surface area contributed by atoms with Gasteiger partial charge in [-0.05, 0) is 38.6 Å². The van der Waals surface area contributed by atoms with Crippen LogP contribution >= 0.6 is 0 Å². The molecule has 1 aromatic rings. The number of rotatable bonds is 28. The first-order valence-corrected chi connectivity index (χ1v) is 26.7. The van der Waals surface area contributed by atoms with Gasteiger partial charge < -0.3 is 83.5 Å². The average Bonchev–Trinajstić information content (AvgIpc) is 3.86. The molecule has 1 aromatic heterocycles. The molecule has 4 saturated heterocycles. The third-order valence-electron chi connectivity index (χ3n) is 14.8. The number of nitrogens with two attached hydrogens (primary N) is 1. The minimum absolute atomic E-state index is 0.216. The smallest absolute Gasteiger partial charge is 0.330 e. The molecule has 8 N–H and O–H groups in total. The lowest BCUT2D eigenvalue weighted by atomic mass is 9.97. The van der Waals surface area contributed by atoms with Crippen LogP contribution in [0, 0.1) is 11.8 Å². The fraction of sp³-hybridized carbons (Fsp3) is 0.824. The second-order valence-corrected chi connectivity index (χ2v) is 21.2. The Hall–Kier alpha value is -4.49. The number of aliphatic carboxylic acids is 1. The summed E-state index contributed by atoms with van der Waals surface area (Å²) < 4.78 is 58.7. The maximum atomic E-state index is 14.7. The highest BCUT2D eigenvalue weighted by Crippen LogP contribution is 2.37. The fourth-order valence-electron chi connectivity index (χ4n) is 10.6. The van der Waals surface area contributed by atoms with Crippen LogP contribution in [-0.4, -0.2) is 227 Å². The molecule has 0 radical (unpaired) electrons. The van der Waals surface area contributed by atoms with Crippen LogP contribution in [0.2, 0.25) is 0 Å². The van der Waals surface area contributed by atoms with Crippen LogP contribution in [0.15, 0.2) is 21.9 Å². The van der Waals surface area contributed by atoms with Gasteiger partial charge in [0, 0.05) is 66.6 Å². The van der Waals surface area contributed by atoms with E-state index in [1.54, 1.807) is 13.8 Å². The van der Waals surface area contributed by atoms with E-state index in [1.807, 2.05) is 4.98 Å². The molecule has 444 valence electrons. The number of hydrogen-bond donors (Lipinski definition) is 7. The standard InChI is InChI=1S/C51H83N5O22/c1-25(2)16-14-12-10-11-13-15-17-28(73-32(58)20-26(3)21-33(59)76-50-45(71-9)44(70-8)41(69-7)27(4)72-50)22-34(60)74-30-24-54(5)36(46(65)55(6)35(30)48(66)67)42(78-49-40(64)37(61)29(23-52)75-49)43-38(62)39(63)47(77-43)56-19-18-31(57)53-51(56)68/h18-19,25-30,35-45,47,49-50,61-64H,10-17,20-24,52H2,1-9H3,(H,66,67)(H,53,57,68). The minimum Gasteiger partial charge on any atom is -0.480 e. The fourth-order valence-corrected chi connectivity index (χ4v) is 10.6. The summed E-state index contributed by atoms with van der Waals surface area (Å²) in [5.74, 6) is -4.99. The number of unbranched alkanes of at least 4 members (excludes halogenated alkanes) is 5. The van der Waals surface area contributed by atoms with Gasteiger partial charge in [-0.1, -0.05) is 59.3 Å². The SMILES string of the molecule is COC1C(C)OC(OC(=O)CC(C)CC(=O)OC(CCCCCCCCC(C)C)CC(=O)OC2CN(C)C(C(OC3OC(CN)C(O)C3O)C3OC(n4ccc(=O)[nH]c4=O)C(O)C3O)C(=O)N(C)C2C(=O)O)C(OC)C1OC. The topological polar surface area (TPSA) is 366 Å². The first-order valence-electron chi connectivity index (χ1n) is 26.7. The Morgan fingerprint density at radius 1 is 0.756 bits per heavy atom. The third kappa shape index (κ3) is 16.3. The zero-order valence-corrected chi connectivity index (χ0v) is 46.0. The molecule has 19 atom stereocenters. The van der Waals surface area contributed by atoms with Gasteiger partial charge >= 0.3 is 29.6 Å². The number of likely N-dealkylation sites (N-methyl/N-ethyl adjacent to an activating group) is 2. The number of carboxylic acids is 1. The quantitative estimate of drug-likeness (QED) is 0.0298. The normalized spacial score (nSPS) is 32.9. The Kier molecular flexibility index (Phi) is 24.6. The number of aromatic nitrogens is 2. The largest absolute Gasteiger partial charge is 0.480 e. The molecule has 1 amide bonds. The number of H-pyrrole nitrogens is 1. The first kappa shape index (κ1) is 64.3. The van der Waals surface area contributed by atoms with Gasteiger partial charge in [0.25, 0.3) is 5.56 Å².